The first kappa shape index (κ1) is 21.9. The normalized spacial score (nSPS) is 13.0. The molecule has 0 fully saturated rings. The van der Waals surface area contributed by atoms with E-state index in [9.17, 15) is 8.42 Å². The number of hydrogen-bond acceptors (Lipinski definition) is 8. The lowest BCUT2D eigenvalue weighted by atomic mass is 10.1. The maximum atomic E-state index is 13.6. The summed E-state index contributed by atoms with van der Waals surface area (Å²) in [5, 5.41) is 4.50. The van der Waals surface area contributed by atoms with Gasteiger partial charge in [-0.2, -0.15) is 0 Å². The van der Waals surface area contributed by atoms with Gasteiger partial charge in [-0.15, -0.1) is 11.3 Å². The molecule has 0 amide bonds. The number of rotatable bonds is 6. The second-order valence-electron chi connectivity index (χ2n) is 7.81. The van der Waals surface area contributed by atoms with Crippen LogP contribution >= 0.6 is 22.9 Å². The molecule has 0 spiro atoms. The first-order valence-electron chi connectivity index (χ1n) is 9.99. The molecular formula is C22H20ClN3O5S2. The minimum Gasteiger partial charge on any atom is -0.454 e. The third-order valence-corrected chi connectivity index (χ3v) is 8.50. The summed E-state index contributed by atoms with van der Waals surface area (Å²) >= 11 is 7.60. The molecule has 3 heterocycles. The molecule has 1 N–H and O–H groups in total. The molecule has 5 rings (SSSR count). The van der Waals surface area contributed by atoms with E-state index in [-0.39, 0.29) is 22.6 Å². The van der Waals surface area contributed by atoms with E-state index in [0.717, 1.165) is 16.0 Å². The first-order chi connectivity index (χ1) is 15.7. The quantitative estimate of drug-likeness (QED) is 0.392. The Morgan fingerprint density at radius 1 is 1.15 bits per heavy atom. The summed E-state index contributed by atoms with van der Waals surface area (Å²) in [6.45, 7) is 1.81. The molecule has 0 atom stereocenters. The molecule has 33 heavy (non-hydrogen) atoms. The molecule has 4 aromatic rings. The number of nitrogens with one attached hydrogen (secondary N) is 1. The third-order valence-electron chi connectivity index (χ3n) is 5.30. The Kier molecular flexibility index (Phi) is 5.38. The Bertz CT molecular complexity index is 1480. The first-order valence-corrected chi connectivity index (χ1v) is 12.7. The molecule has 0 radical (unpaired) electrons. The van der Waals surface area contributed by atoms with E-state index in [2.05, 4.69) is 9.88 Å². The van der Waals surface area contributed by atoms with Crippen molar-refractivity contribution in [2.75, 3.05) is 30.5 Å². The summed E-state index contributed by atoms with van der Waals surface area (Å²) in [4.78, 5) is 2.79. The average Bonchev–Trinajstić information content (AvgIpc) is 3.46. The van der Waals surface area contributed by atoms with Crippen LogP contribution in [0.1, 0.15) is 16.1 Å². The molecule has 8 nitrogen and oxygen atoms in total. The van der Waals surface area contributed by atoms with Gasteiger partial charge in [-0.05, 0) is 42.8 Å². The lowest BCUT2D eigenvalue weighted by Crippen LogP contribution is -2.14. The molecule has 1 aliphatic heterocycles. The monoisotopic (exact) mass is 505 g/mol. The highest BCUT2D eigenvalue weighted by atomic mass is 35.5. The van der Waals surface area contributed by atoms with Crippen LogP contribution in [0.15, 0.2) is 45.8 Å². The van der Waals surface area contributed by atoms with Crippen molar-refractivity contribution < 1.29 is 22.4 Å². The zero-order valence-electron chi connectivity index (χ0n) is 18.0. The lowest BCUT2D eigenvalue weighted by Gasteiger charge is -2.13. The highest BCUT2D eigenvalue weighted by Gasteiger charge is 2.28. The standard InChI is InChI=1S/C22H20ClN3O5S2/c1-12-20(23)22(31-24-12)25-33(27,28)21-15-10-14(26(2)3)5-7-18(15)32-19(21)9-13-4-6-16-17(8-13)30-11-29-16/h4-8,10,25H,9,11H2,1-3H3. The van der Waals surface area contributed by atoms with Gasteiger partial charge in [0.1, 0.15) is 15.6 Å². The van der Waals surface area contributed by atoms with Gasteiger partial charge in [0.25, 0.3) is 15.9 Å². The summed E-state index contributed by atoms with van der Waals surface area (Å²) in [5.74, 6) is 1.22. The number of fused-ring (bicyclic) bond motifs is 2. The van der Waals surface area contributed by atoms with Crippen molar-refractivity contribution in [3.63, 3.8) is 0 Å². The van der Waals surface area contributed by atoms with Crippen LogP contribution in [0.4, 0.5) is 11.6 Å². The SMILES string of the molecule is Cc1noc(NS(=O)(=O)c2c(Cc3ccc4c(c3)OCO4)sc3ccc(N(C)C)cc23)c1Cl. The number of aromatic nitrogens is 1. The maximum absolute atomic E-state index is 13.6. The maximum Gasteiger partial charge on any atom is 0.266 e. The number of sulfonamides is 1. The van der Waals surface area contributed by atoms with Crippen molar-refractivity contribution in [3.05, 3.63) is 57.6 Å². The molecule has 1 aliphatic rings. The Balaban J connectivity index is 1.64. The second kappa shape index (κ2) is 8.12. The number of ether oxygens (including phenoxy) is 2. The van der Waals surface area contributed by atoms with Crippen LogP contribution in [0, 0.1) is 6.92 Å². The van der Waals surface area contributed by atoms with Crippen molar-refractivity contribution in [2.45, 2.75) is 18.2 Å². The summed E-state index contributed by atoms with van der Waals surface area (Å²) in [7, 11) is -0.228. The van der Waals surface area contributed by atoms with Gasteiger partial charge in [0, 0.05) is 41.2 Å². The van der Waals surface area contributed by atoms with Gasteiger partial charge in [-0.1, -0.05) is 22.8 Å². The largest absolute Gasteiger partial charge is 0.454 e. The van der Waals surface area contributed by atoms with Crippen LogP contribution < -0.4 is 19.1 Å². The van der Waals surface area contributed by atoms with E-state index in [4.69, 9.17) is 25.6 Å². The Morgan fingerprint density at radius 2 is 1.94 bits per heavy atom. The summed E-state index contributed by atoms with van der Waals surface area (Å²) in [6, 6.07) is 11.4. The van der Waals surface area contributed by atoms with Gasteiger partial charge in [0.2, 0.25) is 6.79 Å². The molecule has 2 aromatic carbocycles. The Labute approximate surface area is 199 Å². The number of anilines is 2. The number of hydrogen-bond donors (Lipinski definition) is 1. The molecule has 0 aliphatic carbocycles. The summed E-state index contributed by atoms with van der Waals surface area (Å²) in [6.07, 6.45) is 0.396. The van der Waals surface area contributed by atoms with E-state index < -0.39 is 10.0 Å². The third kappa shape index (κ3) is 3.98. The number of halogens is 1. The number of thiophene rings is 1. The highest BCUT2D eigenvalue weighted by Crippen LogP contribution is 2.41. The van der Waals surface area contributed by atoms with Gasteiger partial charge < -0.3 is 18.9 Å². The topological polar surface area (TPSA) is 93.9 Å². The number of benzene rings is 2. The highest BCUT2D eigenvalue weighted by molar-refractivity contribution is 7.93. The van der Waals surface area contributed by atoms with Crippen LogP contribution in [0.25, 0.3) is 10.1 Å². The van der Waals surface area contributed by atoms with Gasteiger partial charge in [-0.3, -0.25) is 0 Å². The minimum absolute atomic E-state index is 0.105. The van der Waals surface area contributed by atoms with Gasteiger partial charge >= 0.3 is 0 Å². The van der Waals surface area contributed by atoms with Gasteiger partial charge in [0.15, 0.2) is 11.5 Å². The zero-order valence-corrected chi connectivity index (χ0v) is 20.4. The molecule has 0 bridgehead atoms. The summed E-state index contributed by atoms with van der Waals surface area (Å²) in [5.41, 5.74) is 2.20. The molecule has 0 saturated carbocycles. The van der Waals surface area contributed by atoms with E-state index >= 15 is 0 Å². The molecule has 172 valence electrons. The molecule has 0 saturated heterocycles. The summed E-state index contributed by atoms with van der Waals surface area (Å²) < 4.78 is 46.5. The van der Waals surface area contributed by atoms with Crippen LogP contribution in [0.5, 0.6) is 11.5 Å². The van der Waals surface area contributed by atoms with E-state index in [1.54, 1.807) is 6.92 Å². The van der Waals surface area contributed by atoms with Crippen LogP contribution in [0.2, 0.25) is 5.02 Å². The lowest BCUT2D eigenvalue weighted by molar-refractivity contribution is 0.174. The van der Waals surface area contributed by atoms with Gasteiger partial charge in [-0.25, -0.2) is 13.1 Å². The molecule has 0 unspecified atom stereocenters. The van der Waals surface area contributed by atoms with E-state index in [1.165, 1.54) is 11.3 Å². The Morgan fingerprint density at radius 3 is 2.67 bits per heavy atom. The van der Waals surface area contributed by atoms with Crippen molar-refractivity contribution >= 4 is 54.6 Å². The number of aryl methyl sites for hydroxylation is 1. The minimum atomic E-state index is -4.04. The average molecular weight is 506 g/mol. The van der Waals surface area contributed by atoms with E-state index in [0.29, 0.717) is 33.9 Å². The fraction of sp³-hybridized carbons (Fsp3) is 0.227. The van der Waals surface area contributed by atoms with Crippen LogP contribution in [-0.4, -0.2) is 34.5 Å². The predicted molar refractivity (Wildman–Crippen MR) is 129 cm³/mol. The van der Waals surface area contributed by atoms with Crippen molar-refractivity contribution in [1.82, 2.24) is 5.16 Å². The number of nitrogens with zero attached hydrogens (tertiary/aromatic N) is 2. The molecular weight excluding hydrogens is 486 g/mol. The molecule has 2 aromatic heterocycles. The van der Waals surface area contributed by atoms with Crippen LogP contribution in [-0.2, 0) is 16.4 Å². The second-order valence-corrected chi connectivity index (χ2v) is 10.9. The smallest absolute Gasteiger partial charge is 0.266 e. The Hall–Kier alpha value is -2.95. The molecule has 11 heteroatoms. The predicted octanol–water partition coefficient (Wildman–Crippen LogP) is 5.04. The zero-order chi connectivity index (χ0) is 23.3. The van der Waals surface area contributed by atoms with Crippen molar-refractivity contribution in [2.24, 2.45) is 0 Å². The van der Waals surface area contributed by atoms with Crippen molar-refractivity contribution in [3.8, 4) is 11.5 Å². The fourth-order valence-electron chi connectivity index (χ4n) is 3.63. The van der Waals surface area contributed by atoms with E-state index in [1.807, 2.05) is 55.4 Å². The van der Waals surface area contributed by atoms with Crippen LogP contribution in [0.3, 0.4) is 0 Å². The van der Waals surface area contributed by atoms with Crippen molar-refractivity contribution in [1.29, 1.82) is 0 Å². The fourth-order valence-corrected chi connectivity index (χ4v) is 6.75. The van der Waals surface area contributed by atoms with Gasteiger partial charge in [0.05, 0.1) is 0 Å².